The summed E-state index contributed by atoms with van der Waals surface area (Å²) < 4.78 is 2.18. The molecule has 1 aliphatic carbocycles. The second kappa shape index (κ2) is 5.16. The Morgan fingerprint density at radius 3 is 2.53 bits per heavy atom. The number of rotatable bonds is 2. The van der Waals surface area contributed by atoms with Gasteiger partial charge in [0.15, 0.2) is 0 Å². The monoisotopic (exact) mass is 268 g/mol. The molecule has 0 spiro atoms. The maximum absolute atomic E-state index is 12.1. The maximum atomic E-state index is 12.1. The molecule has 7 heteroatoms. The van der Waals surface area contributed by atoms with Crippen LogP contribution in [0, 0.1) is 0 Å². The lowest BCUT2D eigenvalue weighted by Gasteiger charge is -2.35. The molecule has 1 heterocycles. The molecule has 1 fully saturated rings. The molecule has 2 atom stereocenters. The molecule has 19 heavy (non-hydrogen) atoms. The summed E-state index contributed by atoms with van der Waals surface area (Å²) in [6.07, 6.45) is 3.14. The lowest BCUT2D eigenvalue weighted by atomic mass is 9.92. The molecule has 1 aliphatic rings. The molecule has 0 aromatic carbocycles. The number of nitrogens with zero attached hydrogens (tertiary/aromatic N) is 4. The Hall–Kier alpha value is -1.63. The first-order valence-electron chi connectivity index (χ1n) is 6.48. The third kappa shape index (κ3) is 2.42. The minimum absolute atomic E-state index is 0.119. The Kier molecular flexibility index (Phi) is 3.75. The Morgan fingerprint density at radius 1 is 1.26 bits per heavy atom. The van der Waals surface area contributed by atoms with Gasteiger partial charge in [0, 0.05) is 21.1 Å². The highest BCUT2D eigenvalue weighted by atomic mass is 16.3. The fraction of sp³-hybridized carbons (Fsp3) is 0.750. The lowest BCUT2D eigenvalue weighted by molar-refractivity contribution is 0.105. The van der Waals surface area contributed by atoms with Crippen LogP contribution < -0.4 is 16.1 Å². The van der Waals surface area contributed by atoms with Gasteiger partial charge in [0.1, 0.15) is 0 Å². The van der Waals surface area contributed by atoms with Crippen LogP contribution in [0.3, 0.4) is 0 Å². The third-order valence-electron chi connectivity index (χ3n) is 3.83. The summed E-state index contributed by atoms with van der Waals surface area (Å²) in [6, 6.07) is -0.119. The highest BCUT2D eigenvalue weighted by Crippen LogP contribution is 2.23. The third-order valence-corrected chi connectivity index (χ3v) is 3.83. The van der Waals surface area contributed by atoms with Crippen molar-refractivity contribution in [1.82, 2.24) is 14.3 Å². The zero-order valence-corrected chi connectivity index (χ0v) is 11.5. The first kappa shape index (κ1) is 13.8. The average molecular weight is 268 g/mol. The van der Waals surface area contributed by atoms with Crippen molar-refractivity contribution >= 4 is 5.82 Å². The van der Waals surface area contributed by atoms with Crippen LogP contribution in [0.4, 0.5) is 5.82 Å². The van der Waals surface area contributed by atoms with Gasteiger partial charge in [-0.15, -0.1) is 5.10 Å². The van der Waals surface area contributed by atoms with E-state index in [0.29, 0.717) is 0 Å². The summed E-state index contributed by atoms with van der Waals surface area (Å²) in [5, 5.41) is 14.1. The fourth-order valence-electron chi connectivity index (χ4n) is 2.60. The smallest absolute Gasteiger partial charge is 0.346 e. The van der Waals surface area contributed by atoms with Crippen molar-refractivity contribution in [2.24, 2.45) is 14.1 Å². The van der Waals surface area contributed by atoms with Gasteiger partial charge >= 0.3 is 5.69 Å². The van der Waals surface area contributed by atoms with Crippen LogP contribution in [-0.2, 0) is 14.1 Å². The molecule has 1 aromatic heterocycles. The zero-order valence-electron chi connectivity index (χ0n) is 11.5. The quantitative estimate of drug-likeness (QED) is 0.761. The summed E-state index contributed by atoms with van der Waals surface area (Å²) in [5.74, 6) is 0.204. The van der Waals surface area contributed by atoms with Gasteiger partial charge in [-0.05, 0) is 12.8 Å². The first-order valence-corrected chi connectivity index (χ1v) is 6.48. The van der Waals surface area contributed by atoms with E-state index in [0.717, 1.165) is 34.9 Å². The second-order valence-corrected chi connectivity index (χ2v) is 5.12. The van der Waals surface area contributed by atoms with Crippen LogP contribution in [0.1, 0.15) is 25.7 Å². The first-order chi connectivity index (χ1) is 8.93. The molecule has 0 bridgehead atoms. The van der Waals surface area contributed by atoms with Gasteiger partial charge in [-0.2, -0.15) is 0 Å². The minimum Gasteiger partial charge on any atom is -0.391 e. The van der Waals surface area contributed by atoms with Crippen LogP contribution in [0.5, 0.6) is 0 Å². The molecule has 106 valence electrons. The van der Waals surface area contributed by atoms with Crippen molar-refractivity contribution in [3.05, 3.63) is 20.8 Å². The molecule has 7 nitrogen and oxygen atoms in total. The number of anilines is 1. The van der Waals surface area contributed by atoms with Crippen LogP contribution in [-0.4, -0.2) is 38.6 Å². The molecule has 0 aliphatic heterocycles. The van der Waals surface area contributed by atoms with Crippen molar-refractivity contribution in [3.63, 3.8) is 0 Å². The van der Waals surface area contributed by atoms with Crippen molar-refractivity contribution in [3.8, 4) is 0 Å². The van der Waals surface area contributed by atoms with Crippen LogP contribution >= 0.6 is 0 Å². The van der Waals surface area contributed by atoms with Crippen molar-refractivity contribution in [2.75, 3.05) is 11.9 Å². The lowest BCUT2D eigenvalue weighted by Crippen LogP contribution is -2.49. The van der Waals surface area contributed by atoms with Gasteiger partial charge in [-0.3, -0.25) is 9.36 Å². The van der Waals surface area contributed by atoms with E-state index in [1.165, 1.54) is 14.1 Å². The Bertz CT molecular complexity index is 577. The fourth-order valence-corrected chi connectivity index (χ4v) is 2.60. The Balaban J connectivity index is 2.41. The number of aryl methyl sites for hydroxylation is 1. The number of likely N-dealkylation sites (N-methyl/N-ethyl adjacent to an activating group) is 1. The topological polar surface area (TPSA) is 80.4 Å². The van der Waals surface area contributed by atoms with E-state index in [4.69, 9.17) is 0 Å². The summed E-state index contributed by atoms with van der Waals surface area (Å²) in [7, 11) is 4.69. The number of aliphatic hydroxyl groups is 1. The summed E-state index contributed by atoms with van der Waals surface area (Å²) in [6.45, 7) is 0. The molecular formula is C12H20N4O3. The van der Waals surface area contributed by atoms with Gasteiger partial charge in [0.05, 0.1) is 12.1 Å². The molecule has 2 rings (SSSR count). The maximum Gasteiger partial charge on any atom is 0.346 e. The minimum atomic E-state index is -0.456. The largest absolute Gasteiger partial charge is 0.391 e. The van der Waals surface area contributed by atoms with Crippen LogP contribution in [0.25, 0.3) is 0 Å². The molecule has 1 N–H and O–H groups in total. The molecule has 1 aromatic rings. The summed E-state index contributed by atoms with van der Waals surface area (Å²) >= 11 is 0. The molecule has 0 radical (unpaired) electrons. The Morgan fingerprint density at radius 2 is 1.89 bits per heavy atom. The van der Waals surface area contributed by atoms with E-state index in [1.54, 1.807) is 11.9 Å². The van der Waals surface area contributed by atoms with Crippen molar-refractivity contribution in [1.29, 1.82) is 0 Å². The summed E-state index contributed by atoms with van der Waals surface area (Å²) in [4.78, 5) is 25.4. The molecule has 1 saturated carbocycles. The normalized spacial score (nSPS) is 23.4. The van der Waals surface area contributed by atoms with E-state index >= 15 is 0 Å². The van der Waals surface area contributed by atoms with E-state index in [2.05, 4.69) is 5.10 Å². The van der Waals surface area contributed by atoms with Gasteiger partial charge in [0.2, 0.25) is 5.82 Å². The van der Waals surface area contributed by atoms with E-state index < -0.39 is 17.4 Å². The number of hydrogen-bond acceptors (Lipinski definition) is 5. The van der Waals surface area contributed by atoms with Gasteiger partial charge in [0.25, 0.3) is 5.56 Å². The predicted octanol–water partition coefficient (Wildman–Crippen LogP) is -0.781. The number of hydrogen-bond donors (Lipinski definition) is 1. The van der Waals surface area contributed by atoms with Gasteiger partial charge in [-0.1, -0.05) is 12.8 Å². The van der Waals surface area contributed by atoms with Gasteiger partial charge in [-0.25, -0.2) is 9.48 Å². The van der Waals surface area contributed by atoms with Crippen LogP contribution in [0.15, 0.2) is 9.59 Å². The molecular weight excluding hydrogens is 248 g/mol. The van der Waals surface area contributed by atoms with E-state index in [1.807, 2.05) is 0 Å². The zero-order chi connectivity index (χ0) is 14.2. The molecule has 0 saturated heterocycles. The van der Waals surface area contributed by atoms with E-state index in [9.17, 15) is 14.7 Å². The van der Waals surface area contributed by atoms with Crippen molar-refractivity contribution < 1.29 is 5.11 Å². The highest BCUT2D eigenvalue weighted by Gasteiger charge is 2.29. The van der Waals surface area contributed by atoms with E-state index in [-0.39, 0.29) is 11.9 Å². The second-order valence-electron chi connectivity index (χ2n) is 5.12. The highest BCUT2D eigenvalue weighted by molar-refractivity contribution is 5.35. The SMILES string of the molecule is CN(c1nn(C)c(=O)n(C)c1=O)C1CCCCC1O. The van der Waals surface area contributed by atoms with Gasteiger partial charge < -0.3 is 10.0 Å². The summed E-state index contributed by atoms with van der Waals surface area (Å²) in [5.41, 5.74) is -0.880. The predicted molar refractivity (Wildman–Crippen MR) is 71.4 cm³/mol. The average Bonchev–Trinajstić information content (AvgIpc) is 2.40. The Labute approximate surface area is 111 Å². The standard InChI is InChI=1S/C12H20N4O3/c1-14(8-6-4-5-7-9(8)17)10-11(18)15(2)12(19)16(3)13-10/h8-9,17H,4-7H2,1-3H3. The van der Waals surface area contributed by atoms with Crippen LogP contribution in [0.2, 0.25) is 0 Å². The molecule has 2 unspecified atom stereocenters. The molecule has 0 amide bonds. The number of aromatic nitrogens is 3. The van der Waals surface area contributed by atoms with Crippen molar-refractivity contribution in [2.45, 2.75) is 37.8 Å². The number of aliphatic hydroxyl groups excluding tert-OH is 1.